The Morgan fingerprint density at radius 1 is 1.47 bits per heavy atom. The minimum Gasteiger partial charge on any atom is -0.347 e. The molecule has 0 aliphatic rings. The van der Waals surface area contributed by atoms with E-state index in [1.807, 2.05) is 30.3 Å². The van der Waals surface area contributed by atoms with Crippen LogP contribution in [0.3, 0.4) is 0 Å². The van der Waals surface area contributed by atoms with E-state index in [2.05, 4.69) is 11.2 Å². The second-order valence-corrected chi connectivity index (χ2v) is 3.34. The summed E-state index contributed by atoms with van der Waals surface area (Å²) in [4.78, 5) is 11.2. The van der Waals surface area contributed by atoms with Gasteiger partial charge in [0.25, 0.3) is 0 Å². The van der Waals surface area contributed by atoms with Crippen LogP contribution in [0.5, 0.6) is 0 Å². The van der Waals surface area contributed by atoms with Crippen LogP contribution < -0.4 is 5.32 Å². The molecule has 0 saturated carbocycles. The van der Waals surface area contributed by atoms with Gasteiger partial charge in [-0.2, -0.15) is 0 Å². The molecule has 0 bridgehead atoms. The summed E-state index contributed by atoms with van der Waals surface area (Å²) in [6, 6.07) is 9.44. The van der Waals surface area contributed by atoms with Crippen molar-refractivity contribution in [2.75, 3.05) is 5.88 Å². The molecule has 0 heterocycles. The van der Waals surface area contributed by atoms with Crippen LogP contribution in [-0.4, -0.2) is 11.8 Å². The Hall–Kier alpha value is -1.46. The Balaban J connectivity index is 2.75. The Morgan fingerprint density at radius 2 is 2.13 bits per heavy atom. The number of rotatable bonds is 4. The third-order valence-corrected chi connectivity index (χ3v) is 2.22. The smallest absolute Gasteiger partial charge is 0.235 e. The third kappa shape index (κ3) is 3.65. The van der Waals surface area contributed by atoms with Crippen molar-refractivity contribution in [3.05, 3.63) is 35.9 Å². The third-order valence-electron chi connectivity index (χ3n) is 1.98. The van der Waals surface area contributed by atoms with E-state index in [0.717, 1.165) is 5.56 Å². The van der Waals surface area contributed by atoms with Gasteiger partial charge in [-0.15, -0.1) is 23.9 Å². The molecule has 1 unspecified atom stereocenters. The van der Waals surface area contributed by atoms with Crippen molar-refractivity contribution in [3.63, 3.8) is 0 Å². The first-order chi connectivity index (χ1) is 7.27. The fourth-order valence-corrected chi connectivity index (χ4v) is 1.37. The van der Waals surface area contributed by atoms with Crippen molar-refractivity contribution in [1.82, 2.24) is 5.32 Å². The maximum absolute atomic E-state index is 11.2. The lowest BCUT2D eigenvalue weighted by molar-refractivity contribution is -0.119. The summed E-state index contributed by atoms with van der Waals surface area (Å²) in [7, 11) is 0. The van der Waals surface area contributed by atoms with E-state index in [1.165, 1.54) is 0 Å². The highest BCUT2D eigenvalue weighted by Crippen LogP contribution is 2.15. The first kappa shape index (κ1) is 11.6. The molecule has 0 aliphatic heterocycles. The normalized spacial score (nSPS) is 11.5. The van der Waals surface area contributed by atoms with Crippen molar-refractivity contribution < 1.29 is 4.79 Å². The molecule has 1 N–H and O–H groups in total. The summed E-state index contributed by atoms with van der Waals surface area (Å²) in [6.45, 7) is 0. The van der Waals surface area contributed by atoms with Gasteiger partial charge in [-0.25, -0.2) is 0 Å². The molecule has 1 aromatic carbocycles. The molecule has 1 rings (SSSR count). The molecule has 3 heteroatoms. The maximum atomic E-state index is 11.2. The zero-order valence-electron chi connectivity index (χ0n) is 8.24. The molecular weight excluding hydrogens is 210 g/mol. The summed E-state index contributed by atoms with van der Waals surface area (Å²) >= 11 is 5.42. The Labute approximate surface area is 94.6 Å². The molecule has 15 heavy (non-hydrogen) atoms. The Morgan fingerprint density at radius 3 is 2.67 bits per heavy atom. The Kier molecular flexibility index (Phi) is 4.73. The van der Waals surface area contributed by atoms with Crippen molar-refractivity contribution >= 4 is 17.5 Å². The van der Waals surface area contributed by atoms with E-state index in [4.69, 9.17) is 18.0 Å². The van der Waals surface area contributed by atoms with Gasteiger partial charge < -0.3 is 5.32 Å². The number of benzene rings is 1. The second-order valence-electron chi connectivity index (χ2n) is 3.07. The van der Waals surface area contributed by atoms with E-state index in [9.17, 15) is 4.79 Å². The summed E-state index contributed by atoms with van der Waals surface area (Å²) < 4.78 is 0. The minimum absolute atomic E-state index is 0.0477. The standard InChI is InChI=1S/C12H12ClNO/c1-2-6-11(14-12(15)9-13)10-7-4-3-5-8-10/h1,3-5,7-8,11H,6,9H2,(H,14,15). The number of alkyl halides is 1. The van der Waals surface area contributed by atoms with E-state index >= 15 is 0 Å². The first-order valence-corrected chi connectivity index (χ1v) is 5.15. The molecule has 2 nitrogen and oxygen atoms in total. The van der Waals surface area contributed by atoms with Crippen LogP contribution in [0.15, 0.2) is 30.3 Å². The number of carbonyl (C=O) groups is 1. The molecule has 0 fully saturated rings. The van der Waals surface area contributed by atoms with Gasteiger partial charge in [-0.1, -0.05) is 30.3 Å². The van der Waals surface area contributed by atoms with Gasteiger partial charge in [0.05, 0.1) is 6.04 Å². The molecule has 0 aromatic heterocycles. The minimum atomic E-state index is -0.208. The topological polar surface area (TPSA) is 29.1 Å². The molecule has 1 amide bonds. The van der Waals surface area contributed by atoms with Gasteiger partial charge in [0, 0.05) is 6.42 Å². The molecule has 0 spiro atoms. The highest BCUT2D eigenvalue weighted by molar-refractivity contribution is 6.27. The van der Waals surface area contributed by atoms with Crippen LogP contribution in [-0.2, 0) is 4.79 Å². The first-order valence-electron chi connectivity index (χ1n) is 4.61. The van der Waals surface area contributed by atoms with Gasteiger partial charge in [0.1, 0.15) is 5.88 Å². The summed E-state index contributed by atoms with van der Waals surface area (Å²) in [5, 5.41) is 2.77. The quantitative estimate of drug-likeness (QED) is 0.613. The molecule has 1 atom stereocenters. The van der Waals surface area contributed by atoms with Crippen molar-refractivity contribution in [3.8, 4) is 12.3 Å². The zero-order chi connectivity index (χ0) is 11.1. The number of amides is 1. The fourth-order valence-electron chi connectivity index (χ4n) is 1.29. The lowest BCUT2D eigenvalue weighted by atomic mass is 10.0. The van der Waals surface area contributed by atoms with Crippen molar-refractivity contribution in [2.45, 2.75) is 12.5 Å². The number of hydrogen-bond acceptors (Lipinski definition) is 1. The maximum Gasteiger partial charge on any atom is 0.235 e. The summed E-state index contributed by atoms with van der Waals surface area (Å²) in [6.07, 6.45) is 5.71. The summed E-state index contributed by atoms with van der Waals surface area (Å²) in [5.41, 5.74) is 0.994. The Bertz CT molecular complexity index is 356. The van der Waals surface area contributed by atoms with Crippen molar-refractivity contribution in [1.29, 1.82) is 0 Å². The number of carbonyl (C=O) groups excluding carboxylic acids is 1. The van der Waals surface area contributed by atoms with Gasteiger partial charge in [-0.3, -0.25) is 4.79 Å². The number of hydrogen-bond donors (Lipinski definition) is 1. The fraction of sp³-hybridized carbons (Fsp3) is 0.250. The van der Waals surface area contributed by atoms with Crippen LogP contribution in [0, 0.1) is 12.3 Å². The average molecular weight is 222 g/mol. The molecule has 1 aromatic rings. The molecule has 78 valence electrons. The van der Waals surface area contributed by atoms with Gasteiger partial charge in [0.15, 0.2) is 0 Å². The van der Waals surface area contributed by atoms with Crippen LogP contribution in [0.2, 0.25) is 0 Å². The lowest BCUT2D eigenvalue weighted by Crippen LogP contribution is -2.29. The van der Waals surface area contributed by atoms with Gasteiger partial charge in [-0.05, 0) is 5.56 Å². The van der Waals surface area contributed by atoms with Crippen LogP contribution >= 0.6 is 11.6 Å². The van der Waals surface area contributed by atoms with Crippen LogP contribution in [0.25, 0.3) is 0 Å². The largest absolute Gasteiger partial charge is 0.347 e. The van der Waals surface area contributed by atoms with Crippen LogP contribution in [0.4, 0.5) is 0 Å². The molecule has 0 aliphatic carbocycles. The van der Waals surface area contributed by atoms with Gasteiger partial charge in [0.2, 0.25) is 5.91 Å². The van der Waals surface area contributed by atoms with Gasteiger partial charge >= 0.3 is 0 Å². The monoisotopic (exact) mass is 221 g/mol. The average Bonchev–Trinajstić information content (AvgIpc) is 2.29. The molecular formula is C12H12ClNO. The number of nitrogens with one attached hydrogen (secondary N) is 1. The highest BCUT2D eigenvalue weighted by Gasteiger charge is 2.11. The predicted molar refractivity (Wildman–Crippen MR) is 61.5 cm³/mol. The van der Waals surface area contributed by atoms with E-state index in [1.54, 1.807) is 0 Å². The van der Waals surface area contributed by atoms with E-state index < -0.39 is 0 Å². The number of terminal acetylenes is 1. The SMILES string of the molecule is C#CCC(NC(=O)CCl)c1ccccc1. The van der Waals surface area contributed by atoms with Crippen molar-refractivity contribution in [2.24, 2.45) is 0 Å². The lowest BCUT2D eigenvalue weighted by Gasteiger charge is -2.15. The predicted octanol–water partition coefficient (Wildman–Crippen LogP) is 2.11. The van der Waals surface area contributed by atoms with Crippen LogP contribution in [0.1, 0.15) is 18.0 Å². The molecule has 0 saturated heterocycles. The summed E-state index contributed by atoms with van der Waals surface area (Å²) in [5.74, 6) is 2.28. The zero-order valence-corrected chi connectivity index (χ0v) is 9.00. The highest BCUT2D eigenvalue weighted by atomic mass is 35.5. The van der Waals surface area contributed by atoms with E-state index in [-0.39, 0.29) is 17.8 Å². The second kappa shape index (κ2) is 6.10. The number of halogens is 1. The molecule has 0 radical (unpaired) electrons. The van der Waals surface area contributed by atoms with E-state index in [0.29, 0.717) is 6.42 Å².